The molecule has 0 aromatic heterocycles. The molecule has 21 heavy (non-hydrogen) atoms. The number of rotatable bonds is 5. The number of nitrogens with zero attached hydrogens (tertiary/aromatic N) is 1. The third kappa shape index (κ3) is 5.05. The first-order chi connectivity index (χ1) is 9.74. The Labute approximate surface area is 124 Å². The van der Waals surface area contributed by atoms with Gasteiger partial charge in [0.2, 0.25) is 0 Å². The molecule has 1 saturated carbocycles. The number of alkyl halides is 3. The van der Waals surface area contributed by atoms with Crippen LogP contribution in [0.1, 0.15) is 46.0 Å². The molecule has 0 aliphatic heterocycles. The van der Waals surface area contributed by atoms with Crippen molar-refractivity contribution < 1.29 is 18.0 Å². The zero-order chi connectivity index (χ0) is 16.1. The minimum absolute atomic E-state index is 0.291. The summed E-state index contributed by atoms with van der Waals surface area (Å²) in [5, 5.41) is 1.98. The summed E-state index contributed by atoms with van der Waals surface area (Å²) in [5.74, 6) is 0.575. The van der Waals surface area contributed by atoms with E-state index >= 15 is 0 Å². The molecule has 0 bridgehead atoms. The van der Waals surface area contributed by atoms with Gasteiger partial charge in [-0.05, 0) is 38.0 Å². The van der Waals surface area contributed by atoms with E-state index in [4.69, 9.17) is 5.73 Å². The van der Waals surface area contributed by atoms with Crippen molar-refractivity contribution in [3.8, 4) is 0 Å². The molecule has 1 aliphatic rings. The van der Waals surface area contributed by atoms with E-state index in [-0.39, 0.29) is 0 Å². The fourth-order valence-electron chi connectivity index (χ4n) is 2.93. The number of urea groups is 1. The van der Waals surface area contributed by atoms with Gasteiger partial charge in [-0.25, -0.2) is 4.79 Å². The zero-order valence-electron chi connectivity index (χ0n) is 12.8. The Kier molecular flexibility index (Phi) is 6.31. The number of carbonyl (C=O) groups excluding carboxylic acids is 1. The van der Waals surface area contributed by atoms with Gasteiger partial charge < -0.3 is 16.0 Å². The van der Waals surface area contributed by atoms with Gasteiger partial charge in [0.25, 0.3) is 0 Å². The molecule has 0 aromatic carbocycles. The molecule has 0 atom stereocenters. The average Bonchev–Trinajstić information content (AvgIpc) is 2.43. The summed E-state index contributed by atoms with van der Waals surface area (Å²) in [6.45, 7) is 3.46. The lowest BCUT2D eigenvalue weighted by molar-refractivity contribution is -0.123. The van der Waals surface area contributed by atoms with Crippen LogP contribution in [0.25, 0.3) is 0 Å². The number of nitrogens with one attached hydrogen (secondary N) is 1. The maximum absolute atomic E-state index is 12.3. The van der Waals surface area contributed by atoms with Gasteiger partial charge in [-0.15, -0.1) is 0 Å². The standard InChI is InChI=1S/C14H26F3N3O/c1-3-8-20(12(21)19-10-14(15,16)17)13(9-18)6-4-11(2)5-7-13/h11H,3-10,18H2,1-2H3,(H,19,21). The maximum Gasteiger partial charge on any atom is 0.405 e. The number of amides is 2. The summed E-state index contributed by atoms with van der Waals surface area (Å²) in [4.78, 5) is 13.7. The Bertz CT molecular complexity index is 339. The van der Waals surface area contributed by atoms with Gasteiger partial charge >= 0.3 is 12.2 Å². The number of halogens is 3. The van der Waals surface area contributed by atoms with Crippen LogP contribution in [0.2, 0.25) is 0 Å². The molecule has 1 rings (SSSR count). The Morgan fingerprint density at radius 2 is 1.95 bits per heavy atom. The highest BCUT2D eigenvalue weighted by Crippen LogP contribution is 2.36. The van der Waals surface area contributed by atoms with Gasteiger partial charge in [-0.2, -0.15) is 13.2 Å². The molecular formula is C14H26F3N3O. The summed E-state index contributed by atoms with van der Waals surface area (Å²) < 4.78 is 36.8. The van der Waals surface area contributed by atoms with Crippen molar-refractivity contribution in [3.63, 3.8) is 0 Å². The third-order valence-corrected chi connectivity index (χ3v) is 4.29. The lowest BCUT2D eigenvalue weighted by Gasteiger charge is -2.47. The van der Waals surface area contributed by atoms with E-state index in [9.17, 15) is 18.0 Å². The van der Waals surface area contributed by atoms with Crippen LogP contribution >= 0.6 is 0 Å². The first-order valence-corrected chi connectivity index (χ1v) is 7.56. The second-order valence-electron chi connectivity index (χ2n) is 6.04. The van der Waals surface area contributed by atoms with Gasteiger partial charge in [-0.3, -0.25) is 0 Å². The topological polar surface area (TPSA) is 58.4 Å². The molecule has 7 heteroatoms. The molecule has 3 N–H and O–H groups in total. The van der Waals surface area contributed by atoms with Crippen molar-refractivity contribution in [2.24, 2.45) is 11.7 Å². The molecule has 0 aromatic rings. The smallest absolute Gasteiger partial charge is 0.329 e. The molecule has 0 spiro atoms. The van der Waals surface area contributed by atoms with Crippen LogP contribution in [-0.4, -0.2) is 42.3 Å². The predicted molar refractivity (Wildman–Crippen MR) is 75.9 cm³/mol. The number of carbonyl (C=O) groups is 1. The molecular weight excluding hydrogens is 283 g/mol. The summed E-state index contributed by atoms with van der Waals surface area (Å²) in [6.07, 6.45) is -0.302. The highest BCUT2D eigenvalue weighted by Gasteiger charge is 2.41. The third-order valence-electron chi connectivity index (χ3n) is 4.29. The van der Waals surface area contributed by atoms with E-state index in [1.807, 2.05) is 12.2 Å². The van der Waals surface area contributed by atoms with Crippen molar-refractivity contribution >= 4 is 6.03 Å². The molecule has 4 nitrogen and oxygen atoms in total. The normalized spacial score (nSPS) is 26.5. The van der Waals surface area contributed by atoms with Crippen molar-refractivity contribution in [2.75, 3.05) is 19.6 Å². The molecule has 0 radical (unpaired) electrons. The molecule has 0 unspecified atom stereocenters. The highest BCUT2D eigenvalue weighted by molar-refractivity contribution is 5.75. The van der Waals surface area contributed by atoms with Crippen molar-refractivity contribution in [1.29, 1.82) is 0 Å². The Balaban J connectivity index is 2.80. The van der Waals surface area contributed by atoms with Gasteiger partial charge in [0.1, 0.15) is 6.54 Å². The lowest BCUT2D eigenvalue weighted by Crippen LogP contribution is -2.61. The summed E-state index contributed by atoms with van der Waals surface area (Å²) in [5.41, 5.74) is 5.39. The fraction of sp³-hybridized carbons (Fsp3) is 0.929. The van der Waals surface area contributed by atoms with E-state index < -0.39 is 24.3 Å². The quantitative estimate of drug-likeness (QED) is 0.820. The maximum atomic E-state index is 12.3. The number of hydrogen-bond donors (Lipinski definition) is 2. The van der Waals surface area contributed by atoms with Crippen molar-refractivity contribution in [3.05, 3.63) is 0 Å². The van der Waals surface area contributed by atoms with Gasteiger partial charge in [0.15, 0.2) is 0 Å². The van der Waals surface area contributed by atoms with Crippen LogP contribution in [0.5, 0.6) is 0 Å². The van der Waals surface area contributed by atoms with E-state index in [0.29, 0.717) is 25.4 Å². The first-order valence-electron chi connectivity index (χ1n) is 7.56. The minimum atomic E-state index is -4.40. The SMILES string of the molecule is CCCN(C(=O)NCC(F)(F)F)C1(CN)CCC(C)CC1. The molecule has 0 heterocycles. The van der Waals surface area contributed by atoms with E-state index in [1.165, 1.54) is 4.90 Å². The lowest BCUT2D eigenvalue weighted by atomic mass is 9.76. The van der Waals surface area contributed by atoms with Gasteiger partial charge in [-0.1, -0.05) is 13.8 Å². The summed E-state index contributed by atoms with van der Waals surface area (Å²) in [7, 11) is 0. The Hall–Kier alpha value is -0.980. The van der Waals surface area contributed by atoms with Gasteiger partial charge in [0.05, 0.1) is 5.54 Å². The fourth-order valence-corrected chi connectivity index (χ4v) is 2.93. The Morgan fingerprint density at radius 3 is 2.38 bits per heavy atom. The molecule has 124 valence electrons. The first kappa shape index (κ1) is 18.1. The highest BCUT2D eigenvalue weighted by atomic mass is 19.4. The van der Waals surface area contributed by atoms with Crippen LogP contribution in [0.3, 0.4) is 0 Å². The van der Waals surface area contributed by atoms with Crippen LogP contribution in [0.4, 0.5) is 18.0 Å². The molecule has 2 amide bonds. The summed E-state index contributed by atoms with van der Waals surface area (Å²) >= 11 is 0. The van der Waals surface area contributed by atoms with Crippen LogP contribution < -0.4 is 11.1 Å². The molecule has 1 aliphatic carbocycles. The van der Waals surface area contributed by atoms with Gasteiger partial charge in [0, 0.05) is 13.1 Å². The molecule has 1 fully saturated rings. The van der Waals surface area contributed by atoms with Crippen LogP contribution in [-0.2, 0) is 0 Å². The van der Waals surface area contributed by atoms with E-state index in [1.54, 1.807) is 0 Å². The Morgan fingerprint density at radius 1 is 1.38 bits per heavy atom. The summed E-state index contributed by atoms with van der Waals surface area (Å²) in [6, 6.07) is -0.658. The van der Waals surface area contributed by atoms with Crippen molar-refractivity contribution in [2.45, 2.75) is 57.7 Å². The number of nitrogens with two attached hydrogens (primary N) is 1. The monoisotopic (exact) mass is 309 g/mol. The second-order valence-corrected chi connectivity index (χ2v) is 6.04. The zero-order valence-corrected chi connectivity index (χ0v) is 12.8. The average molecular weight is 309 g/mol. The number of hydrogen-bond acceptors (Lipinski definition) is 2. The predicted octanol–water partition coefficient (Wildman–Crippen LogP) is 2.88. The van der Waals surface area contributed by atoms with Crippen LogP contribution in [0.15, 0.2) is 0 Å². The molecule has 0 saturated heterocycles. The van der Waals surface area contributed by atoms with Crippen molar-refractivity contribution in [1.82, 2.24) is 10.2 Å². The minimum Gasteiger partial charge on any atom is -0.329 e. The largest absolute Gasteiger partial charge is 0.405 e. The van der Waals surface area contributed by atoms with Crippen LogP contribution in [0, 0.1) is 5.92 Å². The van der Waals surface area contributed by atoms with E-state index in [2.05, 4.69) is 6.92 Å². The van der Waals surface area contributed by atoms with E-state index in [0.717, 1.165) is 25.7 Å². The second kappa shape index (κ2) is 7.33.